The molecule has 0 aromatic heterocycles. The van der Waals surface area contributed by atoms with E-state index in [1.807, 2.05) is 20.8 Å². The monoisotopic (exact) mass is 271 g/mol. The van der Waals surface area contributed by atoms with Gasteiger partial charge in [0.1, 0.15) is 6.61 Å². The van der Waals surface area contributed by atoms with Crippen LogP contribution >= 0.6 is 0 Å². The highest BCUT2D eigenvalue weighted by Crippen LogP contribution is 2.05. The van der Waals surface area contributed by atoms with Crippen LogP contribution in [0.15, 0.2) is 12.2 Å². The minimum absolute atomic E-state index is 0.111. The molecule has 0 saturated heterocycles. The van der Waals surface area contributed by atoms with Crippen molar-refractivity contribution in [2.45, 2.75) is 33.9 Å². The van der Waals surface area contributed by atoms with Gasteiger partial charge in [0, 0.05) is 5.57 Å². The second-order valence-electron chi connectivity index (χ2n) is 4.30. The summed E-state index contributed by atoms with van der Waals surface area (Å²) in [5.74, 6) is -0.458. The summed E-state index contributed by atoms with van der Waals surface area (Å²) in [4.78, 5) is 26.3. The molecule has 6 heteroatoms. The molecule has 0 saturated carbocycles. The number of rotatable bonds is 8. The Hall–Kier alpha value is -1.56. The summed E-state index contributed by atoms with van der Waals surface area (Å²) in [5.41, 5.74) is 5.70. The molecule has 2 N–H and O–H groups in total. The molecule has 0 aromatic rings. The van der Waals surface area contributed by atoms with Gasteiger partial charge in [0.25, 0.3) is 0 Å². The third kappa shape index (κ3) is 5.74. The summed E-state index contributed by atoms with van der Waals surface area (Å²) in [6.07, 6.45) is -0.129. The van der Waals surface area contributed by atoms with Gasteiger partial charge < -0.3 is 15.4 Å². The van der Waals surface area contributed by atoms with Crippen molar-refractivity contribution in [2.24, 2.45) is 5.73 Å². The normalized spacial score (nSPS) is 12.1. The number of hydrogen-bond acceptors (Lipinski definition) is 4. The fourth-order valence-corrected chi connectivity index (χ4v) is 1.79. The van der Waals surface area contributed by atoms with Crippen LogP contribution in [0.2, 0.25) is 0 Å². The van der Waals surface area contributed by atoms with Gasteiger partial charge in [0.15, 0.2) is 0 Å². The quantitative estimate of drug-likeness (QED) is 0.408. The minimum atomic E-state index is -0.522. The second-order valence-corrected chi connectivity index (χ2v) is 4.30. The van der Waals surface area contributed by atoms with Gasteiger partial charge in [-0.3, -0.25) is 4.90 Å². The molecule has 6 nitrogen and oxygen atoms in total. The Morgan fingerprint density at radius 2 is 1.84 bits per heavy atom. The molecule has 0 spiro atoms. The molecular weight excluding hydrogens is 246 g/mol. The topological polar surface area (TPSA) is 75.9 Å². The lowest BCUT2D eigenvalue weighted by Gasteiger charge is -2.35. The van der Waals surface area contributed by atoms with Crippen LogP contribution in [0.25, 0.3) is 0 Å². The van der Waals surface area contributed by atoms with E-state index in [2.05, 4.69) is 11.5 Å². The van der Waals surface area contributed by atoms with Crippen LogP contribution in [0.4, 0.5) is 4.79 Å². The third-order valence-corrected chi connectivity index (χ3v) is 2.99. The smallest absolute Gasteiger partial charge is 0.333 e. The number of urea groups is 1. The van der Waals surface area contributed by atoms with Crippen LogP contribution in [0.1, 0.15) is 27.7 Å². The maximum atomic E-state index is 11.5. The van der Waals surface area contributed by atoms with Crippen molar-refractivity contribution >= 4 is 12.0 Å². The fourth-order valence-electron chi connectivity index (χ4n) is 1.79. The number of amides is 2. The van der Waals surface area contributed by atoms with Crippen molar-refractivity contribution in [1.29, 1.82) is 0 Å². The Morgan fingerprint density at radius 3 is 2.21 bits per heavy atom. The third-order valence-electron chi connectivity index (χ3n) is 2.99. The van der Waals surface area contributed by atoms with Gasteiger partial charge in [-0.2, -0.15) is 0 Å². The van der Waals surface area contributed by atoms with Gasteiger partial charge in [-0.05, 0) is 26.9 Å². The van der Waals surface area contributed by atoms with E-state index < -0.39 is 12.0 Å². The molecule has 2 amide bonds. The molecule has 110 valence electrons. The zero-order valence-electron chi connectivity index (χ0n) is 12.3. The number of primary amides is 1. The highest BCUT2D eigenvalue weighted by atomic mass is 16.5. The summed E-state index contributed by atoms with van der Waals surface area (Å²) in [6, 6.07) is -0.522. The van der Waals surface area contributed by atoms with Crippen molar-refractivity contribution < 1.29 is 14.3 Å². The molecule has 0 aliphatic heterocycles. The largest absolute Gasteiger partial charge is 0.460 e. The number of hydrogen-bond donors (Lipinski definition) is 1. The van der Waals surface area contributed by atoms with Crippen LogP contribution in [-0.2, 0) is 9.53 Å². The molecule has 1 atom stereocenters. The van der Waals surface area contributed by atoms with Crippen molar-refractivity contribution in [3.05, 3.63) is 12.2 Å². The van der Waals surface area contributed by atoms with E-state index in [9.17, 15) is 9.59 Å². The molecule has 1 unspecified atom stereocenters. The van der Waals surface area contributed by atoms with E-state index in [1.165, 1.54) is 4.90 Å². The second kappa shape index (κ2) is 8.53. The van der Waals surface area contributed by atoms with Crippen LogP contribution in [0.3, 0.4) is 0 Å². The molecule has 19 heavy (non-hydrogen) atoms. The number of ether oxygens (including phenoxy) is 1. The van der Waals surface area contributed by atoms with E-state index in [0.717, 1.165) is 13.1 Å². The van der Waals surface area contributed by atoms with Gasteiger partial charge in [-0.1, -0.05) is 20.4 Å². The van der Waals surface area contributed by atoms with E-state index in [4.69, 9.17) is 10.5 Å². The van der Waals surface area contributed by atoms with Gasteiger partial charge in [0.2, 0.25) is 0 Å². The van der Waals surface area contributed by atoms with Crippen molar-refractivity contribution in [3.63, 3.8) is 0 Å². The summed E-state index contributed by atoms with van der Waals surface area (Å²) < 4.78 is 4.97. The summed E-state index contributed by atoms with van der Waals surface area (Å²) >= 11 is 0. The molecular formula is C13H25N3O3. The van der Waals surface area contributed by atoms with Crippen LogP contribution in [0, 0.1) is 0 Å². The Kier molecular flexibility index (Phi) is 7.83. The first-order valence-corrected chi connectivity index (χ1v) is 6.47. The van der Waals surface area contributed by atoms with Crippen LogP contribution in [0.5, 0.6) is 0 Å². The SMILES string of the molecule is C=C(C)C(=O)OCCN(C(N)=O)C(C)N(CC)CC. The first-order valence-electron chi connectivity index (χ1n) is 6.47. The van der Waals surface area contributed by atoms with Crippen molar-refractivity contribution in [1.82, 2.24) is 9.80 Å². The minimum Gasteiger partial charge on any atom is -0.460 e. The first kappa shape index (κ1) is 17.4. The number of carbonyl (C=O) groups is 2. The molecule has 0 rings (SSSR count). The molecule has 0 fully saturated rings. The maximum Gasteiger partial charge on any atom is 0.333 e. The lowest BCUT2D eigenvalue weighted by atomic mass is 10.3. The van der Waals surface area contributed by atoms with Gasteiger partial charge in [-0.25, -0.2) is 9.59 Å². The fraction of sp³-hybridized carbons (Fsp3) is 0.692. The van der Waals surface area contributed by atoms with Gasteiger partial charge in [-0.15, -0.1) is 0 Å². The average molecular weight is 271 g/mol. The lowest BCUT2D eigenvalue weighted by Crippen LogP contribution is -2.52. The number of carbonyl (C=O) groups excluding carboxylic acids is 2. The lowest BCUT2D eigenvalue weighted by molar-refractivity contribution is -0.139. The number of nitrogens with zero attached hydrogens (tertiary/aromatic N) is 2. The molecule has 0 aliphatic carbocycles. The van der Waals surface area contributed by atoms with Crippen molar-refractivity contribution in [3.8, 4) is 0 Å². The van der Waals surface area contributed by atoms with E-state index in [-0.39, 0.29) is 19.3 Å². The zero-order chi connectivity index (χ0) is 15.0. The molecule has 0 aliphatic rings. The highest BCUT2D eigenvalue weighted by molar-refractivity contribution is 5.86. The van der Waals surface area contributed by atoms with Gasteiger partial charge >= 0.3 is 12.0 Å². The highest BCUT2D eigenvalue weighted by Gasteiger charge is 2.22. The number of esters is 1. The molecule has 0 heterocycles. The predicted molar refractivity (Wildman–Crippen MR) is 74.4 cm³/mol. The zero-order valence-corrected chi connectivity index (χ0v) is 12.3. The van der Waals surface area contributed by atoms with Crippen LogP contribution < -0.4 is 5.73 Å². The average Bonchev–Trinajstić information content (AvgIpc) is 2.34. The van der Waals surface area contributed by atoms with Crippen LogP contribution in [-0.4, -0.2) is 54.2 Å². The maximum absolute atomic E-state index is 11.5. The molecule has 0 aromatic carbocycles. The van der Waals surface area contributed by atoms with E-state index in [0.29, 0.717) is 5.57 Å². The Morgan fingerprint density at radius 1 is 1.32 bits per heavy atom. The first-order chi connectivity index (χ1) is 8.84. The Bertz CT molecular complexity index is 327. The summed E-state index contributed by atoms with van der Waals surface area (Å²) in [5, 5.41) is 0. The van der Waals surface area contributed by atoms with E-state index in [1.54, 1.807) is 6.92 Å². The summed E-state index contributed by atoms with van der Waals surface area (Å²) in [7, 11) is 0. The van der Waals surface area contributed by atoms with Crippen molar-refractivity contribution in [2.75, 3.05) is 26.2 Å². The Balaban J connectivity index is 4.46. The van der Waals surface area contributed by atoms with E-state index >= 15 is 0 Å². The predicted octanol–water partition coefficient (Wildman–Crippen LogP) is 1.17. The standard InChI is InChI=1S/C13H25N3O3/c1-6-15(7-2)11(5)16(13(14)18)8-9-19-12(17)10(3)4/h11H,3,6-9H2,1-2,4-5H3,(H2,14,18). The molecule has 0 radical (unpaired) electrons. The number of nitrogens with two attached hydrogens (primary N) is 1. The summed E-state index contributed by atoms with van der Waals surface area (Å²) in [6.45, 7) is 13.0. The molecule has 0 bridgehead atoms. The van der Waals surface area contributed by atoms with Gasteiger partial charge in [0.05, 0.1) is 12.7 Å². The Labute approximate surface area is 115 Å².